The highest BCUT2D eigenvalue weighted by molar-refractivity contribution is 5.83. The molecule has 0 aliphatic rings. The van der Waals surface area contributed by atoms with Gasteiger partial charge in [-0.2, -0.15) is 0 Å². The maximum absolute atomic E-state index is 10.9. The number of carboxylic acids is 1. The highest BCUT2D eigenvalue weighted by Gasteiger charge is 2.16. The van der Waals surface area contributed by atoms with E-state index in [1.165, 1.54) is 0 Å². The zero-order chi connectivity index (χ0) is 31.8. The van der Waals surface area contributed by atoms with Gasteiger partial charge in [0.25, 0.3) is 0 Å². The van der Waals surface area contributed by atoms with Gasteiger partial charge in [-0.1, -0.05) is 72.8 Å². The van der Waals surface area contributed by atoms with Crippen molar-refractivity contribution >= 4 is 22.9 Å². The molecule has 0 amide bonds. The Morgan fingerprint density at radius 3 is 1.53 bits per heavy atom. The molecule has 228 valence electrons. The fraction of sp³-hybridized carbons (Fsp3) is 0.132. The molecule has 5 aromatic carbocycles. The lowest BCUT2D eigenvalue weighted by Gasteiger charge is -2.19. The van der Waals surface area contributed by atoms with Gasteiger partial charge in [0, 0.05) is 16.9 Å². The minimum Gasteiger partial charge on any atom is -0.494 e. The van der Waals surface area contributed by atoms with Crippen molar-refractivity contribution in [1.82, 2.24) is 0 Å². The average molecular weight is 601 g/mol. The molecule has 0 bridgehead atoms. The smallest absolute Gasteiger partial charge is 0.341 e. The minimum absolute atomic E-state index is 0.178. The fourth-order valence-electron chi connectivity index (χ4n) is 5.02. The van der Waals surface area contributed by atoms with Crippen LogP contribution < -0.4 is 20.9 Å². The summed E-state index contributed by atoms with van der Waals surface area (Å²) in [6, 6.07) is 37.6. The van der Waals surface area contributed by atoms with E-state index < -0.39 is 12.6 Å². The molecule has 45 heavy (non-hydrogen) atoms. The van der Waals surface area contributed by atoms with Gasteiger partial charge >= 0.3 is 5.97 Å². The Labute approximate surface area is 263 Å². The molecule has 5 aromatic rings. The van der Waals surface area contributed by atoms with Gasteiger partial charge < -0.3 is 30.8 Å². The van der Waals surface area contributed by atoms with E-state index in [2.05, 4.69) is 48.5 Å². The molecular formula is C38H36N2O5. The third-order valence-corrected chi connectivity index (χ3v) is 7.30. The molecule has 0 unspecified atom stereocenters. The first-order chi connectivity index (χ1) is 21.8. The van der Waals surface area contributed by atoms with Crippen LogP contribution in [0.4, 0.5) is 11.4 Å². The fourth-order valence-corrected chi connectivity index (χ4v) is 5.02. The van der Waals surface area contributed by atoms with Gasteiger partial charge in [0.05, 0.1) is 6.61 Å². The van der Waals surface area contributed by atoms with Crippen LogP contribution >= 0.6 is 0 Å². The van der Waals surface area contributed by atoms with Crippen molar-refractivity contribution < 1.29 is 24.1 Å². The van der Waals surface area contributed by atoms with Crippen LogP contribution in [0.5, 0.6) is 11.5 Å². The molecule has 5 N–H and O–H groups in total. The van der Waals surface area contributed by atoms with Crippen molar-refractivity contribution in [2.24, 2.45) is 0 Å². The molecule has 0 aliphatic heterocycles. The predicted molar refractivity (Wildman–Crippen MR) is 180 cm³/mol. The van der Waals surface area contributed by atoms with Crippen molar-refractivity contribution in [3.8, 4) is 33.8 Å². The van der Waals surface area contributed by atoms with E-state index in [-0.39, 0.29) is 6.61 Å². The molecular weight excluding hydrogens is 564 g/mol. The maximum Gasteiger partial charge on any atom is 0.341 e. The largest absolute Gasteiger partial charge is 0.494 e. The number of carbonyl (C=O) groups is 1. The molecule has 7 nitrogen and oxygen atoms in total. The molecule has 0 spiro atoms. The maximum atomic E-state index is 10.9. The molecule has 0 aliphatic carbocycles. The van der Waals surface area contributed by atoms with Crippen LogP contribution in [-0.4, -0.2) is 30.9 Å². The van der Waals surface area contributed by atoms with Gasteiger partial charge in [-0.05, 0) is 95.3 Å². The highest BCUT2D eigenvalue weighted by Crippen LogP contribution is 2.33. The number of anilines is 2. The summed E-state index contributed by atoms with van der Waals surface area (Å²) >= 11 is 0. The number of rotatable bonds is 12. The second kappa shape index (κ2) is 14.2. The number of aliphatic carboxylic acids is 1. The molecule has 0 aromatic heterocycles. The molecule has 0 saturated carbocycles. The third-order valence-electron chi connectivity index (χ3n) is 7.30. The number of carboxylic acid groups (broad SMARTS) is 1. The normalized spacial score (nSPS) is 10.6. The first-order valence-corrected chi connectivity index (χ1v) is 14.7. The summed E-state index contributed by atoms with van der Waals surface area (Å²) in [6.07, 6.45) is 0. The first kappa shape index (κ1) is 30.8. The van der Waals surface area contributed by atoms with E-state index in [4.69, 9.17) is 30.8 Å². The van der Waals surface area contributed by atoms with Gasteiger partial charge in [0.2, 0.25) is 0 Å². The van der Waals surface area contributed by atoms with E-state index in [1.54, 1.807) is 12.1 Å². The summed E-state index contributed by atoms with van der Waals surface area (Å²) in [5.41, 5.74) is 21.2. The number of nitrogens with two attached hydrogens (primary N) is 2. The zero-order valence-corrected chi connectivity index (χ0v) is 25.3. The predicted octanol–water partition coefficient (Wildman–Crippen LogP) is 7.83. The summed E-state index contributed by atoms with van der Waals surface area (Å²) < 4.78 is 17.8. The Morgan fingerprint density at radius 2 is 1.11 bits per heavy atom. The lowest BCUT2D eigenvalue weighted by molar-refractivity contribution is -0.139. The van der Waals surface area contributed by atoms with Crippen LogP contribution in [0.15, 0.2) is 121 Å². The number of nitrogen functional groups attached to an aromatic ring is 2. The second-order valence-electron chi connectivity index (χ2n) is 10.5. The first-order valence-electron chi connectivity index (χ1n) is 14.7. The number of hydrogen-bond donors (Lipinski definition) is 3. The van der Waals surface area contributed by atoms with Gasteiger partial charge in [0.15, 0.2) is 6.61 Å². The Balaban J connectivity index is 1.50. The van der Waals surface area contributed by atoms with Crippen LogP contribution in [0, 0.1) is 6.92 Å². The van der Waals surface area contributed by atoms with Crippen LogP contribution in [0.3, 0.4) is 0 Å². The Bertz CT molecular complexity index is 1690. The lowest BCUT2D eigenvalue weighted by atomic mass is 9.93. The van der Waals surface area contributed by atoms with Gasteiger partial charge in [0.1, 0.15) is 23.9 Å². The van der Waals surface area contributed by atoms with Crippen LogP contribution in [-0.2, 0) is 9.53 Å². The van der Waals surface area contributed by atoms with Crippen molar-refractivity contribution in [1.29, 1.82) is 0 Å². The van der Waals surface area contributed by atoms with Crippen molar-refractivity contribution in [3.63, 3.8) is 0 Å². The van der Waals surface area contributed by atoms with Gasteiger partial charge in [-0.15, -0.1) is 0 Å². The quantitative estimate of drug-likeness (QED) is 0.0987. The van der Waals surface area contributed by atoms with E-state index >= 15 is 0 Å². The zero-order valence-electron chi connectivity index (χ0n) is 25.3. The van der Waals surface area contributed by atoms with Crippen LogP contribution in [0.25, 0.3) is 27.8 Å². The van der Waals surface area contributed by atoms with Crippen molar-refractivity contribution in [2.45, 2.75) is 13.8 Å². The number of benzene rings is 5. The Hall–Kier alpha value is -5.69. The molecule has 0 saturated heterocycles. The van der Waals surface area contributed by atoms with Crippen LogP contribution in [0.2, 0.25) is 0 Å². The molecule has 0 fully saturated rings. The third kappa shape index (κ3) is 7.83. The number of aryl methyl sites for hydroxylation is 1. The summed E-state index contributed by atoms with van der Waals surface area (Å²) in [4.78, 5) is 10.9. The average Bonchev–Trinajstić information content (AvgIpc) is 3.05. The minimum atomic E-state index is -1.03. The Kier molecular flexibility index (Phi) is 9.70. The van der Waals surface area contributed by atoms with Crippen molar-refractivity contribution in [3.05, 3.63) is 138 Å². The van der Waals surface area contributed by atoms with Gasteiger partial charge in [-0.25, -0.2) is 4.79 Å². The number of ether oxygens (including phenoxy) is 3. The van der Waals surface area contributed by atoms with E-state index in [0.717, 1.165) is 55.9 Å². The lowest BCUT2D eigenvalue weighted by Crippen LogP contribution is -2.11. The van der Waals surface area contributed by atoms with Crippen molar-refractivity contribution in [2.75, 3.05) is 31.3 Å². The summed E-state index contributed by atoms with van der Waals surface area (Å²) in [6.45, 7) is 4.02. The standard InChI is InChI=1S/C38H36N2O5/c1-3-43-36(23-44-34-20-21-35(25(2)22-34)45-24-37(41)42)38(30-8-4-26(5-9-30)28-12-16-32(39)17-13-28)31-10-6-27(7-11-31)29-14-18-33(40)19-15-29/h4-22H,3,23-24,39-40H2,1-2H3,(H,41,42). The van der Waals surface area contributed by atoms with Crippen LogP contribution in [0.1, 0.15) is 23.6 Å². The molecule has 7 heteroatoms. The SMILES string of the molecule is CCOC(COc1ccc(OCC(=O)O)c(C)c1)=C(c1ccc(-c2ccc(N)cc2)cc1)c1ccc(-c2ccc(N)cc2)cc1. The molecule has 0 heterocycles. The van der Waals surface area contributed by atoms with Gasteiger partial charge in [-0.3, -0.25) is 0 Å². The summed E-state index contributed by atoms with van der Waals surface area (Å²) in [5, 5.41) is 8.94. The highest BCUT2D eigenvalue weighted by atomic mass is 16.5. The monoisotopic (exact) mass is 600 g/mol. The van der Waals surface area contributed by atoms with E-state index in [9.17, 15) is 4.79 Å². The molecule has 0 radical (unpaired) electrons. The molecule has 5 rings (SSSR count). The topological polar surface area (TPSA) is 117 Å². The number of hydrogen-bond acceptors (Lipinski definition) is 6. The Morgan fingerprint density at radius 1 is 0.644 bits per heavy atom. The van der Waals surface area contributed by atoms with E-state index in [1.807, 2.05) is 68.4 Å². The van der Waals surface area contributed by atoms with E-state index in [0.29, 0.717) is 23.9 Å². The summed E-state index contributed by atoms with van der Waals surface area (Å²) in [5.74, 6) is 0.760. The molecule has 0 atom stereocenters. The summed E-state index contributed by atoms with van der Waals surface area (Å²) in [7, 11) is 0. The second-order valence-corrected chi connectivity index (χ2v) is 10.5.